The second-order valence-electron chi connectivity index (χ2n) is 9.53. The predicted molar refractivity (Wildman–Crippen MR) is 149 cm³/mol. The van der Waals surface area contributed by atoms with Gasteiger partial charge in [-0.3, -0.25) is 9.79 Å². The number of aromatic nitrogens is 3. The van der Waals surface area contributed by atoms with Gasteiger partial charge >= 0.3 is 6.03 Å². The molecule has 0 spiro atoms. The molecule has 0 saturated carbocycles. The van der Waals surface area contributed by atoms with Gasteiger partial charge in [-0.05, 0) is 42.7 Å². The maximum absolute atomic E-state index is 12.9. The molecule has 38 heavy (non-hydrogen) atoms. The molecule has 0 aliphatic carbocycles. The van der Waals surface area contributed by atoms with Crippen molar-refractivity contribution in [3.63, 3.8) is 0 Å². The molecule has 4 aromatic rings. The van der Waals surface area contributed by atoms with Gasteiger partial charge in [-0.2, -0.15) is 0 Å². The molecular weight excluding hydrogens is 482 g/mol. The molecule has 2 aromatic heterocycles. The SMILES string of the molecule is Cc1cc(N2CCN(C(N)=O)CC2)cc2[nH]c(-c3c(N=CC(CO)Cc4ccccc4)cc[nH]c3=O)nc12. The molecule has 196 valence electrons. The number of aromatic amines is 2. The van der Waals surface area contributed by atoms with Gasteiger partial charge in [-0.25, -0.2) is 9.78 Å². The maximum Gasteiger partial charge on any atom is 0.314 e. The number of nitrogens with one attached hydrogen (secondary N) is 2. The summed E-state index contributed by atoms with van der Waals surface area (Å²) in [5, 5.41) is 9.90. The number of rotatable bonds is 7. The average Bonchev–Trinajstić information content (AvgIpc) is 3.36. The first-order valence-corrected chi connectivity index (χ1v) is 12.6. The van der Waals surface area contributed by atoms with Gasteiger partial charge < -0.3 is 30.6 Å². The van der Waals surface area contributed by atoms with Crippen LogP contribution >= 0.6 is 0 Å². The Morgan fingerprint density at radius 3 is 2.66 bits per heavy atom. The number of pyridine rings is 1. The number of amides is 2. The zero-order valence-corrected chi connectivity index (χ0v) is 21.2. The highest BCUT2D eigenvalue weighted by Crippen LogP contribution is 2.30. The summed E-state index contributed by atoms with van der Waals surface area (Å²) in [7, 11) is 0. The third-order valence-corrected chi connectivity index (χ3v) is 6.89. The fourth-order valence-electron chi connectivity index (χ4n) is 4.83. The smallest absolute Gasteiger partial charge is 0.314 e. The fraction of sp³-hybridized carbons (Fsp3) is 0.286. The number of piperazine rings is 1. The van der Waals surface area contributed by atoms with Crippen molar-refractivity contribution in [2.75, 3.05) is 37.7 Å². The molecule has 0 bridgehead atoms. The van der Waals surface area contributed by atoms with Gasteiger partial charge in [0.2, 0.25) is 0 Å². The second-order valence-corrected chi connectivity index (χ2v) is 9.53. The Bertz CT molecular complexity index is 1520. The van der Waals surface area contributed by atoms with Crippen molar-refractivity contribution >= 4 is 34.7 Å². The van der Waals surface area contributed by atoms with Crippen molar-refractivity contribution in [3.05, 3.63) is 76.2 Å². The minimum Gasteiger partial charge on any atom is -0.396 e. The van der Waals surface area contributed by atoms with Gasteiger partial charge in [0.1, 0.15) is 11.4 Å². The number of aliphatic hydroxyl groups excluding tert-OH is 1. The Balaban J connectivity index is 1.44. The van der Waals surface area contributed by atoms with E-state index in [4.69, 9.17) is 10.7 Å². The van der Waals surface area contributed by atoms with Crippen LogP contribution in [0, 0.1) is 12.8 Å². The Hall–Kier alpha value is -4.44. The third kappa shape index (κ3) is 5.30. The molecule has 1 aliphatic rings. The zero-order valence-electron chi connectivity index (χ0n) is 21.2. The van der Waals surface area contributed by atoms with Crippen LogP contribution in [0.5, 0.6) is 0 Å². The van der Waals surface area contributed by atoms with Crippen LogP contribution in [0.15, 0.2) is 64.5 Å². The number of aliphatic imine (C=N–C) groups is 1. The zero-order chi connectivity index (χ0) is 26.6. The summed E-state index contributed by atoms with van der Waals surface area (Å²) in [6, 6.07) is 15.3. The van der Waals surface area contributed by atoms with Crippen molar-refractivity contribution < 1.29 is 9.90 Å². The van der Waals surface area contributed by atoms with Crippen molar-refractivity contribution in [2.45, 2.75) is 13.3 Å². The maximum atomic E-state index is 12.9. The normalized spacial score (nSPS) is 14.9. The molecule has 1 aliphatic heterocycles. The van der Waals surface area contributed by atoms with Crippen LogP contribution in [0.4, 0.5) is 16.2 Å². The average molecular weight is 514 g/mol. The van der Waals surface area contributed by atoms with Gasteiger partial charge in [-0.15, -0.1) is 0 Å². The summed E-state index contributed by atoms with van der Waals surface area (Å²) in [4.78, 5) is 43.6. The number of H-pyrrole nitrogens is 2. The summed E-state index contributed by atoms with van der Waals surface area (Å²) in [5.74, 6) is 0.233. The predicted octanol–water partition coefficient (Wildman–Crippen LogP) is 2.98. The molecule has 10 nitrogen and oxygen atoms in total. The number of aryl methyl sites for hydroxylation is 1. The molecule has 1 fully saturated rings. The summed E-state index contributed by atoms with van der Waals surface area (Å²) >= 11 is 0. The van der Waals surface area contributed by atoms with E-state index < -0.39 is 6.03 Å². The Labute approximate surface area is 219 Å². The number of aliphatic hydroxyl groups is 1. The standard InChI is InChI=1S/C28H31N7O3/c1-18-13-21(34-9-11-35(12-10-34)28(29)38)15-23-25(18)33-26(32-23)24-22(7-8-30-27(24)37)31-16-20(17-36)14-19-5-3-2-4-6-19/h2-8,13,15-16,20,36H,9-12,14,17H2,1H3,(H2,29,38)(H,30,37)(H,32,33). The number of carbonyl (C=O) groups is 1. The van der Waals surface area contributed by atoms with Gasteiger partial charge in [0.25, 0.3) is 5.56 Å². The van der Waals surface area contributed by atoms with Crippen molar-refractivity contribution in [3.8, 4) is 11.4 Å². The summed E-state index contributed by atoms with van der Waals surface area (Å²) < 4.78 is 0. The van der Waals surface area contributed by atoms with Crippen LogP contribution in [0.1, 0.15) is 11.1 Å². The molecular formula is C28H31N7O3. The Morgan fingerprint density at radius 2 is 1.95 bits per heavy atom. The minimum atomic E-state index is -0.397. The van der Waals surface area contributed by atoms with E-state index in [1.165, 1.54) is 0 Å². The number of hydrogen-bond donors (Lipinski definition) is 4. The molecule has 0 radical (unpaired) electrons. The first-order chi connectivity index (χ1) is 18.4. The highest BCUT2D eigenvalue weighted by molar-refractivity contribution is 5.87. The largest absolute Gasteiger partial charge is 0.396 e. The molecule has 2 amide bonds. The van der Waals surface area contributed by atoms with Crippen LogP contribution in [-0.2, 0) is 6.42 Å². The Morgan fingerprint density at radius 1 is 1.18 bits per heavy atom. The number of benzene rings is 2. The first kappa shape index (κ1) is 25.2. The van der Waals surface area contributed by atoms with E-state index in [1.807, 2.05) is 43.3 Å². The topological polar surface area (TPSA) is 144 Å². The Kier molecular flexibility index (Phi) is 7.23. The van der Waals surface area contributed by atoms with E-state index in [0.717, 1.165) is 27.8 Å². The number of urea groups is 1. The van der Waals surface area contributed by atoms with Crippen LogP contribution in [0.25, 0.3) is 22.4 Å². The molecule has 1 unspecified atom stereocenters. The van der Waals surface area contributed by atoms with Gasteiger partial charge in [0.05, 0.1) is 23.3 Å². The van der Waals surface area contributed by atoms with Crippen LogP contribution in [0.3, 0.4) is 0 Å². The molecule has 1 atom stereocenters. The van der Waals surface area contributed by atoms with E-state index in [0.29, 0.717) is 49.7 Å². The lowest BCUT2D eigenvalue weighted by Gasteiger charge is -2.35. The second kappa shape index (κ2) is 10.9. The van der Waals surface area contributed by atoms with Gasteiger partial charge in [0.15, 0.2) is 0 Å². The van der Waals surface area contributed by atoms with E-state index in [1.54, 1.807) is 23.4 Å². The molecule has 5 rings (SSSR count). The number of carbonyl (C=O) groups excluding carboxylic acids is 1. The monoisotopic (exact) mass is 513 g/mol. The third-order valence-electron chi connectivity index (χ3n) is 6.89. The first-order valence-electron chi connectivity index (χ1n) is 12.6. The van der Waals surface area contributed by atoms with Crippen molar-refractivity contribution in [2.24, 2.45) is 16.6 Å². The lowest BCUT2D eigenvalue weighted by molar-refractivity contribution is 0.204. The quantitative estimate of drug-likeness (QED) is 0.281. The number of nitrogens with zero attached hydrogens (tertiary/aromatic N) is 4. The van der Waals surface area contributed by atoms with E-state index in [9.17, 15) is 14.7 Å². The summed E-state index contributed by atoms with van der Waals surface area (Å²) in [6.07, 6.45) is 3.89. The molecule has 1 saturated heterocycles. The van der Waals surface area contributed by atoms with E-state index in [2.05, 4.69) is 25.9 Å². The van der Waals surface area contributed by atoms with Gasteiger partial charge in [-0.1, -0.05) is 30.3 Å². The van der Waals surface area contributed by atoms with E-state index in [-0.39, 0.29) is 18.1 Å². The molecule has 2 aromatic carbocycles. The number of anilines is 1. The number of primary amides is 1. The van der Waals surface area contributed by atoms with Crippen LogP contribution < -0.4 is 16.2 Å². The van der Waals surface area contributed by atoms with Gasteiger partial charge in [0, 0.05) is 50.2 Å². The minimum absolute atomic E-state index is 0.0583. The van der Waals surface area contributed by atoms with Crippen molar-refractivity contribution in [1.29, 1.82) is 0 Å². The molecule has 10 heteroatoms. The lowest BCUT2D eigenvalue weighted by Crippen LogP contribution is -2.50. The highest BCUT2D eigenvalue weighted by Gasteiger charge is 2.21. The summed E-state index contributed by atoms with van der Waals surface area (Å²) in [5.41, 5.74) is 10.6. The number of nitrogens with two attached hydrogens (primary N) is 1. The van der Waals surface area contributed by atoms with Crippen LogP contribution in [0.2, 0.25) is 0 Å². The van der Waals surface area contributed by atoms with E-state index >= 15 is 0 Å². The number of imidazole rings is 1. The summed E-state index contributed by atoms with van der Waals surface area (Å²) in [6.45, 7) is 4.43. The molecule has 3 heterocycles. The van der Waals surface area contributed by atoms with Crippen molar-refractivity contribution in [1.82, 2.24) is 19.9 Å². The lowest BCUT2D eigenvalue weighted by atomic mass is 10.0. The number of hydrogen-bond acceptors (Lipinski definition) is 6. The highest BCUT2D eigenvalue weighted by atomic mass is 16.3. The van der Waals surface area contributed by atoms with Crippen LogP contribution in [-0.4, -0.2) is 70.0 Å². The fourth-order valence-corrected chi connectivity index (χ4v) is 4.83. The molecule has 5 N–H and O–H groups in total. The number of fused-ring (bicyclic) bond motifs is 1.